The zero-order valence-corrected chi connectivity index (χ0v) is 14.8. The van der Waals surface area contributed by atoms with Crippen LogP contribution in [0.5, 0.6) is 0 Å². The number of carbonyl (C=O) groups excluding carboxylic acids is 1. The highest BCUT2D eigenvalue weighted by Crippen LogP contribution is 2.40. The predicted molar refractivity (Wildman–Crippen MR) is 92.7 cm³/mol. The van der Waals surface area contributed by atoms with Crippen molar-refractivity contribution < 1.29 is 26.4 Å². The highest BCUT2D eigenvalue weighted by atomic mass is 32.2. The fraction of sp³-hybridized carbons (Fsp3) is 0.176. The number of hydrogen-bond acceptors (Lipinski definition) is 4. The van der Waals surface area contributed by atoms with Gasteiger partial charge in [0, 0.05) is 6.26 Å². The molecule has 10 heteroatoms. The number of alkyl halides is 3. The Balaban J connectivity index is 2.34. The lowest BCUT2D eigenvalue weighted by Crippen LogP contribution is -2.31. The maximum Gasteiger partial charge on any atom is 0.407 e. The SMILES string of the molecule is [C-]#[N+]c1cc(S(C)(=O)=O)c(NNC(=O)Cc2ccccc2)cc1C(F)(F)F. The fourth-order valence-corrected chi connectivity index (χ4v) is 3.09. The number of carbonyl (C=O) groups is 1. The monoisotopic (exact) mass is 397 g/mol. The summed E-state index contributed by atoms with van der Waals surface area (Å²) in [5, 5.41) is 0. The third kappa shape index (κ3) is 5.21. The van der Waals surface area contributed by atoms with Crippen LogP contribution >= 0.6 is 0 Å². The van der Waals surface area contributed by atoms with Gasteiger partial charge in [-0.1, -0.05) is 30.3 Å². The van der Waals surface area contributed by atoms with E-state index in [0.717, 1.165) is 6.26 Å². The van der Waals surface area contributed by atoms with Crippen molar-refractivity contribution >= 4 is 27.1 Å². The summed E-state index contributed by atoms with van der Waals surface area (Å²) in [7, 11) is -3.96. The minimum Gasteiger partial charge on any atom is -0.297 e. The summed E-state index contributed by atoms with van der Waals surface area (Å²) < 4.78 is 63.1. The number of halogens is 3. The Morgan fingerprint density at radius 1 is 1.19 bits per heavy atom. The molecule has 142 valence electrons. The van der Waals surface area contributed by atoms with Crippen LogP contribution in [-0.4, -0.2) is 20.6 Å². The number of benzene rings is 2. The smallest absolute Gasteiger partial charge is 0.297 e. The van der Waals surface area contributed by atoms with Crippen molar-refractivity contribution in [3.05, 3.63) is 65.0 Å². The van der Waals surface area contributed by atoms with Crippen molar-refractivity contribution in [2.45, 2.75) is 17.5 Å². The zero-order chi connectivity index (χ0) is 20.2. The molecule has 27 heavy (non-hydrogen) atoms. The maximum absolute atomic E-state index is 13.1. The molecule has 0 aliphatic rings. The second-order valence-corrected chi connectivity index (χ2v) is 7.57. The van der Waals surface area contributed by atoms with Crippen molar-refractivity contribution in [1.82, 2.24) is 5.43 Å². The van der Waals surface area contributed by atoms with E-state index in [4.69, 9.17) is 6.57 Å². The Morgan fingerprint density at radius 3 is 2.33 bits per heavy atom. The molecule has 1 amide bonds. The van der Waals surface area contributed by atoms with Crippen molar-refractivity contribution in [3.63, 3.8) is 0 Å². The first-order valence-corrected chi connectivity index (χ1v) is 9.33. The molecule has 0 aliphatic heterocycles. The largest absolute Gasteiger partial charge is 0.407 e. The van der Waals surface area contributed by atoms with E-state index in [2.05, 4.69) is 15.7 Å². The number of sulfone groups is 1. The summed E-state index contributed by atoms with van der Waals surface area (Å²) in [5.74, 6) is -0.580. The van der Waals surface area contributed by atoms with Crippen molar-refractivity contribution in [1.29, 1.82) is 0 Å². The van der Waals surface area contributed by atoms with Gasteiger partial charge >= 0.3 is 6.18 Å². The van der Waals surface area contributed by atoms with Gasteiger partial charge in [-0.25, -0.2) is 13.3 Å². The number of nitrogens with one attached hydrogen (secondary N) is 2. The first-order valence-electron chi connectivity index (χ1n) is 7.44. The van der Waals surface area contributed by atoms with E-state index < -0.39 is 43.8 Å². The second-order valence-electron chi connectivity index (χ2n) is 5.58. The third-order valence-electron chi connectivity index (χ3n) is 3.47. The average Bonchev–Trinajstić information content (AvgIpc) is 2.58. The molecule has 0 aliphatic carbocycles. The molecule has 0 radical (unpaired) electrons. The summed E-state index contributed by atoms with van der Waals surface area (Å²) in [5.41, 5.74) is 2.45. The zero-order valence-electron chi connectivity index (χ0n) is 14.0. The van der Waals surface area contributed by atoms with Gasteiger partial charge in [-0.2, -0.15) is 13.2 Å². The summed E-state index contributed by atoms with van der Waals surface area (Å²) in [6.07, 6.45) is -4.13. The van der Waals surface area contributed by atoms with Crippen LogP contribution in [0.1, 0.15) is 11.1 Å². The van der Waals surface area contributed by atoms with Crippen LogP contribution < -0.4 is 10.9 Å². The molecule has 0 atom stereocenters. The first kappa shape index (κ1) is 20.3. The minimum absolute atomic E-state index is 0.0612. The normalized spacial score (nSPS) is 11.5. The van der Waals surface area contributed by atoms with Gasteiger partial charge in [-0.15, -0.1) is 0 Å². The summed E-state index contributed by atoms with van der Waals surface area (Å²) >= 11 is 0. The molecule has 0 aromatic heterocycles. The molecule has 0 spiro atoms. The van der Waals surface area contributed by atoms with Gasteiger partial charge in [-0.3, -0.25) is 15.6 Å². The molecule has 2 aromatic carbocycles. The van der Waals surface area contributed by atoms with E-state index in [1.165, 1.54) is 0 Å². The number of hydrazine groups is 1. The van der Waals surface area contributed by atoms with Gasteiger partial charge in [0.2, 0.25) is 11.6 Å². The van der Waals surface area contributed by atoms with Gasteiger partial charge in [-0.05, 0) is 17.7 Å². The number of rotatable bonds is 5. The molecular formula is C17H14F3N3O3S. The van der Waals surface area contributed by atoms with Crippen molar-refractivity contribution in [2.75, 3.05) is 11.7 Å². The van der Waals surface area contributed by atoms with Crippen LogP contribution in [0, 0.1) is 6.57 Å². The molecular weight excluding hydrogens is 383 g/mol. The van der Waals surface area contributed by atoms with Gasteiger partial charge in [0.1, 0.15) is 0 Å². The maximum atomic E-state index is 13.1. The van der Waals surface area contributed by atoms with Crippen LogP contribution in [0.3, 0.4) is 0 Å². The van der Waals surface area contributed by atoms with Crippen LogP contribution in [-0.2, 0) is 27.2 Å². The lowest BCUT2D eigenvalue weighted by Gasteiger charge is -2.16. The minimum atomic E-state index is -4.86. The number of hydrogen-bond donors (Lipinski definition) is 2. The van der Waals surface area contributed by atoms with E-state index in [-0.39, 0.29) is 6.42 Å². The Labute approximate surface area is 153 Å². The molecule has 0 saturated carbocycles. The van der Waals surface area contributed by atoms with Crippen molar-refractivity contribution in [3.8, 4) is 0 Å². The highest BCUT2D eigenvalue weighted by molar-refractivity contribution is 7.90. The Morgan fingerprint density at radius 2 is 1.81 bits per heavy atom. The van der Waals surface area contributed by atoms with E-state index in [0.29, 0.717) is 17.7 Å². The van der Waals surface area contributed by atoms with Gasteiger partial charge in [0.15, 0.2) is 9.84 Å². The van der Waals surface area contributed by atoms with Crippen LogP contribution in [0.2, 0.25) is 0 Å². The molecule has 0 fully saturated rings. The predicted octanol–water partition coefficient (Wildman–Crippen LogP) is 3.35. The third-order valence-corrected chi connectivity index (χ3v) is 4.60. The number of nitrogens with zero attached hydrogens (tertiary/aromatic N) is 1. The summed E-state index contributed by atoms with van der Waals surface area (Å²) in [6.45, 7) is 6.87. The van der Waals surface area contributed by atoms with Crippen LogP contribution in [0.15, 0.2) is 47.4 Å². The van der Waals surface area contributed by atoms with E-state index in [1.807, 2.05) is 0 Å². The number of amides is 1. The Bertz CT molecular complexity index is 998. The highest BCUT2D eigenvalue weighted by Gasteiger charge is 2.35. The van der Waals surface area contributed by atoms with Gasteiger partial charge < -0.3 is 0 Å². The number of anilines is 1. The Hall–Kier alpha value is -3.06. The summed E-state index contributed by atoms with van der Waals surface area (Å²) in [6, 6.07) is 9.70. The topological polar surface area (TPSA) is 79.6 Å². The van der Waals surface area contributed by atoms with Crippen LogP contribution in [0.4, 0.5) is 24.5 Å². The first-order chi connectivity index (χ1) is 12.5. The molecule has 0 saturated heterocycles. The average molecular weight is 397 g/mol. The lowest BCUT2D eigenvalue weighted by atomic mass is 10.1. The lowest BCUT2D eigenvalue weighted by molar-refractivity contribution is -0.136. The molecule has 0 heterocycles. The molecule has 0 unspecified atom stereocenters. The standard InChI is InChI=1S/C17H14F3N3O3S/c1-21-13-10-15(27(2,25)26)14(9-12(13)17(18,19)20)22-23-16(24)8-11-6-4-3-5-7-11/h3-7,9-10,22H,8H2,2H3,(H,23,24). The molecule has 6 nitrogen and oxygen atoms in total. The Kier molecular flexibility index (Phi) is 5.75. The molecule has 0 bridgehead atoms. The fourth-order valence-electron chi connectivity index (χ4n) is 2.26. The molecule has 2 N–H and O–H groups in total. The van der Waals surface area contributed by atoms with Crippen LogP contribution in [0.25, 0.3) is 4.85 Å². The second kappa shape index (κ2) is 7.67. The molecule has 2 aromatic rings. The van der Waals surface area contributed by atoms with E-state index in [9.17, 15) is 26.4 Å². The van der Waals surface area contributed by atoms with E-state index >= 15 is 0 Å². The van der Waals surface area contributed by atoms with Crippen molar-refractivity contribution in [2.24, 2.45) is 0 Å². The van der Waals surface area contributed by atoms with Gasteiger partial charge in [0.05, 0.1) is 29.1 Å². The summed E-state index contributed by atoms with van der Waals surface area (Å²) in [4.78, 5) is 14.2. The van der Waals surface area contributed by atoms with Gasteiger partial charge in [0.25, 0.3) is 0 Å². The quantitative estimate of drug-likeness (QED) is 0.599. The molecule has 2 rings (SSSR count). The van der Waals surface area contributed by atoms with E-state index in [1.54, 1.807) is 30.3 Å².